The van der Waals surface area contributed by atoms with Crippen molar-refractivity contribution in [2.24, 2.45) is 46.3 Å². The Bertz CT molecular complexity index is 1040. The van der Waals surface area contributed by atoms with Crippen LogP contribution in [0.5, 0.6) is 0 Å². The Kier molecular flexibility index (Phi) is 7.76. The Labute approximate surface area is 241 Å². The summed E-state index contributed by atoms with van der Waals surface area (Å²) < 4.78 is 0. The van der Waals surface area contributed by atoms with Crippen molar-refractivity contribution in [1.29, 1.82) is 0 Å². The van der Waals surface area contributed by atoms with Gasteiger partial charge >= 0.3 is 0 Å². The summed E-state index contributed by atoms with van der Waals surface area (Å²) in [4.78, 5) is 17.6. The summed E-state index contributed by atoms with van der Waals surface area (Å²) in [5.74, 6) is 2.25. The Hall–Kier alpha value is -1.63. The molecule has 1 amide bonds. The summed E-state index contributed by atoms with van der Waals surface area (Å²) in [6.07, 6.45) is 6.86. The van der Waals surface area contributed by atoms with Crippen molar-refractivity contribution in [3.63, 3.8) is 0 Å². The average Bonchev–Trinajstić information content (AvgIpc) is 3.32. The minimum absolute atomic E-state index is 0.103. The molecule has 1 aliphatic heterocycles. The third-order valence-electron chi connectivity index (χ3n) is 13.1. The van der Waals surface area contributed by atoms with Gasteiger partial charge < -0.3 is 25.1 Å². The smallest absolute Gasteiger partial charge is 0.222 e. The zero-order chi connectivity index (χ0) is 28.2. The molecular formula is C34H52N2O4. The van der Waals surface area contributed by atoms with Crippen LogP contribution in [0.2, 0.25) is 0 Å². The molecule has 0 aromatic heterocycles. The van der Waals surface area contributed by atoms with Crippen LogP contribution in [-0.2, 0) is 4.79 Å². The van der Waals surface area contributed by atoms with Crippen molar-refractivity contribution < 1.29 is 20.1 Å². The number of fused-ring (bicyclic) bond motifs is 5. The molecule has 6 rings (SSSR count). The number of carbonyl (C=O) groups excluding carboxylic acids is 1. The highest BCUT2D eigenvalue weighted by Crippen LogP contribution is 2.68. The summed E-state index contributed by atoms with van der Waals surface area (Å²) in [6.45, 7) is 10.3. The number of carbonyl (C=O) groups is 1. The van der Waals surface area contributed by atoms with E-state index in [1.807, 2.05) is 11.0 Å². The van der Waals surface area contributed by atoms with Gasteiger partial charge in [-0.3, -0.25) is 4.79 Å². The summed E-state index contributed by atoms with van der Waals surface area (Å²) in [5.41, 5.74) is 1.13. The van der Waals surface area contributed by atoms with Gasteiger partial charge in [-0.1, -0.05) is 39.0 Å². The molecule has 1 aromatic rings. The van der Waals surface area contributed by atoms with Crippen molar-refractivity contribution in [3.05, 3.63) is 30.3 Å². The first kappa shape index (κ1) is 28.5. The Morgan fingerprint density at radius 1 is 0.950 bits per heavy atom. The van der Waals surface area contributed by atoms with E-state index in [-0.39, 0.29) is 41.0 Å². The predicted molar refractivity (Wildman–Crippen MR) is 158 cm³/mol. The van der Waals surface area contributed by atoms with E-state index >= 15 is 0 Å². The van der Waals surface area contributed by atoms with Crippen LogP contribution >= 0.6 is 0 Å². The van der Waals surface area contributed by atoms with Crippen LogP contribution in [0, 0.1) is 46.3 Å². The van der Waals surface area contributed by atoms with E-state index in [9.17, 15) is 20.1 Å². The third-order valence-corrected chi connectivity index (χ3v) is 13.1. The van der Waals surface area contributed by atoms with Gasteiger partial charge in [-0.15, -0.1) is 0 Å². The lowest BCUT2D eigenvalue weighted by Gasteiger charge is -2.63. The first-order valence-electron chi connectivity index (χ1n) is 16.2. The molecule has 6 heteroatoms. The van der Waals surface area contributed by atoms with Crippen molar-refractivity contribution in [1.82, 2.24) is 4.90 Å². The molecule has 0 bridgehead atoms. The first-order chi connectivity index (χ1) is 19.1. The highest BCUT2D eigenvalue weighted by Gasteiger charge is 2.65. The number of hydrogen-bond donors (Lipinski definition) is 3. The molecule has 4 aliphatic carbocycles. The van der Waals surface area contributed by atoms with Crippen LogP contribution in [-0.4, -0.2) is 70.6 Å². The molecule has 5 fully saturated rings. The number of para-hydroxylation sites is 1. The van der Waals surface area contributed by atoms with Crippen LogP contribution < -0.4 is 4.90 Å². The van der Waals surface area contributed by atoms with E-state index in [0.717, 1.165) is 77.5 Å². The average molecular weight is 553 g/mol. The lowest BCUT2D eigenvalue weighted by atomic mass is 9.43. The van der Waals surface area contributed by atoms with E-state index in [4.69, 9.17) is 0 Å². The summed E-state index contributed by atoms with van der Waals surface area (Å²) in [5, 5.41) is 33.7. The fourth-order valence-corrected chi connectivity index (χ4v) is 10.7. The Morgan fingerprint density at radius 3 is 2.40 bits per heavy atom. The molecule has 1 saturated heterocycles. The van der Waals surface area contributed by atoms with E-state index in [0.29, 0.717) is 36.0 Å². The van der Waals surface area contributed by atoms with Gasteiger partial charge in [0.1, 0.15) is 0 Å². The largest absolute Gasteiger partial charge is 0.393 e. The van der Waals surface area contributed by atoms with Crippen molar-refractivity contribution in [2.75, 3.05) is 31.1 Å². The molecule has 40 heavy (non-hydrogen) atoms. The van der Waals surface area contributed by atoms with Crippen molar-refractivity contribution in [3.8, 4) is 0 Å². The lowest BCUT2D eigenvalue weighted by molar-refractivity contribution is -0.207. The van der Waals surface area contributed by atoms with Crippen LogP contribution in [0.3, 0.4) is 0 Å². The van der Waals surface area contributed by atoms with Crippen LogP contribution in [0.25, 0.3) is 0 Å². The fraction of sp³-hybridized carbons (Fsp3) is 0.794. The number of hydrogen-bond acceptors (Lipinski definition) is 5. The second-order valence-electron chi connectivity index (χ2n) is 14.7. The number of anilines is 1. The fourth-order valence-electron chi connectivity index (χ4n) is 10.7. The summed E-state index contributed by atoms with van der Waals surface area (Å²) in [7, 11) is 0. The van der Waals surface area contributed by atoms with Crippen molar-refractivity contribution >= 4 is 11.6 Å². The molecular weight excluding hydrogens is 500 g/mol. The topological polar surface area (TPSA) is 84.2 Å². The number of nitrogens with zero attached hydrogens (tertiary/aromatic N) is 2. The van der Waals surface area contributed by atoms with Gasteiger partial charge in [0.2, 0.25) is 5.91 Å². The van der Waals surface area contributed by atoms with Gasteiger partial charge in [0.05, 0.1) is 18.3 Å². The predicted octanol–water partition coefficient (Wildman–Crippen LogP) is 4.71. The van der Waals surface area contributed by atoms with E-state index in [2.05, 4.69) is 49.9 Å². The molecule has 3 N–H and O–H groups in total. The van der Waals surface area contributed by atoms with E-state index < -0.39 is 0 Å². The van der Waals surface area contributed by atoms with Crippen LogP contribution in [0.15, 0.2) is 30.3 Å². The van der Waals surface area contributed by atoms with Gasteiger partial charge in [-0.05, 0) is 110 Å². The quantitative estimate of drug-likeness (QED) is 0.493. The molecule has 0 radical (unpaired) electrons. The minimum atomic E-state index is -0.370. The minimum Gasteiger partial charge on any atom is -0.393 e. The van der Waals surface area contributed by atoms with Gasteiger partial charge in [0, 0.05) is 38.3 Å². The lowest BCUT2D eigenvalue weighted by Crippen LogP contribution is -2.62. The Balaban J connectivity index is 1.08. The van der Waals surface area contributed by atoms with Gasteiger partial charge in [0.25, 0.3) is 0 Å². The summed E-state index contributed by atoms with van der Waals surface area (Å²) >= 11 is 0. The monoisotopic (exact) mass is 552 g/mol. The molecule has 4 saturated carbocycles. The number of piperazine rings is 1. The molecule has 222 valence electrons. The maximum atomic E-state index is 13.2. The maximum absolute atomic E-state index is 13.2. The molecule has 11 atom stereocenters. The second-order valence-corrected chi connectivity index (χ2v) is 14.7. The van der Waals surface area contributed by atoms with E-state index in [1.165, 1.54) is 5.69 Å². The highest BCUT2D eigenvalue weighted by atomic mass is 16.3. The maximum Gasteiger partial charge on any atom is 0.222 e. The zero-order valence-electron chi connectivity index (χ0n) is 24.9. The van der Waals surface area contributed by atoms with E-state index in [1.54, 1.807) is 0 Å². The molecule has 5 aliphatic rings. The van der Waals surface area contributed by atoms with Crippen LogP contribution in [0.4, 0.5) is 5.69 Å². The third kappa shape index (κ3) is 4.70. The molecule has 1 aromatic carbocycles. The molecule has 6 nitrogen and oxygen atoms in total. The van der Waals surface area contributed by atoms with Crippen molar-refractivity contribution in [2.45, 2.75) is 96.9 Å². The molecule has 1 heterocycles. The Morgan fingerprint density at radius 2 is 1.68 bits per heavy atom. The molecule has 0 spiro atoms. The second kappa shape index (κ2) is 10.9. The van der Waals surface area contributed by atoms with Crippen LogP contribution in [0.1, 0.15) is 78.6 Å². The van der Waals surface area contributed by atoms with Gasteiger partial charge in [-0.2, -0.15) is 0 Å². The number of aliphatic hydroxyl groups is 3. The standard InChI is InChI=1S/C34H52N2O4/c1-22(9-12-31(40)36-17-15-35(16-18-36)24-7-5-4-6-8-24)26-10-11-27-32-28(21-30(39)34(26,27)3)33(2)14-13-25(37)19-23(33)20-29(32)38/h4-8,22-23,25-30,32,37-39H,9-21H2,1-3H3/t22-,23-,25-,26+,27-,28-,29-,30+,32+,33+,34-/m1/s1. The number of rotatable bonds is 5. The number of benzene rings is 1. The van der Waals surface area contributed by atoms with Gasteiger partial charge in [0.15, 0.2) is 0 Å². The zero-order valence-corrected chi connectivity index (χ0v) is 24.9. The highest BCUT2D eigenvalue weighted by molar-refractivity contribution is 5.76. The summed E-state index contributed by atoms with van der Waals surface area (Å²) in [6, 6.07) is 10.5. The SMILES string of the molecule is C[C@H](CCC(=O)N1CCN(c2ccccc2)CC1)[C@@H]1CC[C@@H]2[C@@H]3[C@H](O)C[C@H]4C[C@H](O)CC[C@]4(C)[C@@H]3C[C@H](O)[C@@]21C. The van der Waals surface area contributed by atoms with Gasteiger partial charge in [-0.25, -0.2) is 0 Å². The number of aliphatic hydroxyl groups excluding tert-OH is 3. The molecule has 0 unspecified atom stereocenters. The first-order valence-corrected chi connectivity index (χ1v) is 16.2. The number of amides is 1. The normalized spacial score (nSPS) is 44.0.